The zero-order chi connectivity index (χ0) is 15.4. The first-order valence-corrected chi connectivity index (χ1v) is 6.92. The SMILES string of the molecule is O=C(NCCn1c(=O)[nH]c2ccccc21)Oc1ccccc1. The molecule has 0 fully saturated rings. The van der Waals surface area contributed by atoms with Crippen molar-refractivity contribution in [3.05, 3.63) is 65.1 Å². The number of benzene rings is 2. The Morgan fingerprint density at radius 2 is 1.82 bits per heavy atom. The Morgan fingerprint density at radius 3 is 2.64 bits per heavy atom. The van der Waals surface area contributed by atoms with Gasteiger partial charge in [-0.15, -0.1) is 0 Å². The molecule has 0 bridgehead atoms. The van der Waals surface area contributed by atoms with Gasteiger partial charge < -0.3 is 15.0 Å². The van der Waals surface area contributed by atoms with Gasteiger partial charge in [-0.3, -0.25) is 4.57 Å². The number of hydrogen-bond donors (Lipinski definition) is 2. The van der Waals surface area contributed by atoms with Crippen molar-refractivity contribution in [3.63, 3.8) is 0 Å². The smallest absolute Gasteiger partial charge is 0.410 e. The number of aromatic amines is 1. The monoisotopic (exact) mass is 297 g/mol. The van der Waals surface area contributed by atoms with E-state index in [-0.39, 0.29) is 5.69 Å². The molecular formula is C16H15N3O3. The third-order valence-electron chi connectivity index (χ3n) is 3.24. The van der Waals surface area contributed by atoms with Crippen LogP contribution in [0.1, 0.15) is 0 Å². The molecule has 1 heterocycles. The van der Waals surface area contributed by atoms with Gasteiger partial charge >= 0.3 is 11.8 Å². The number of carbonyl (C=O) groups excluding carboxylic acids is 1. The van der Waals surface area contributed by atoms with Gasteiger partial charge in [0.05, 0.1) is 11.0 Å². The molecule has 2 aromatic carbocycles. The zero-order valence-corrected chi connectivity index (χ0v) is 11.8. The number of para-hydroxylation sites is 3. The van der Waals surface area contributed by atoms with Crippen molar-refractivity contribution in [1.29, 1.82) is 0 Å². The van der Waals surface area contributed by atoms with E-state index in [9.17, 15) is 9.59 Å². The molecule has 112 valence electrons. The molecule has 22 heavy (non-hydrogen) atoms. The average Bonchev–Trinajstić information content (AvgIpc) is 2.84. The maximum absolute atomic E-state index is 11.9. The van der Waals surface area contributed by atoms with Crippen LogP contribution in [0.2, 0.25) is 0 Å². The van der Waals surface area contributed by atoms with Gasteiger partial charge in [0.25, 0.3) is 0 Å². The summed E-state index contributed by atoms with van der Waals surface area (Å²) in [6, 6.07) is 16.2. The number of carbonyl (C=O) groups is 1. The Kier molecular flexibility index (Phi) is 3.91. The molecule has 3 aromatic rings. The fourth-order valence-electron chi connectivity index (χ4n) is 2.23. The van der Waals surface area contributed by atoms with Crippen LogP contribution in [0.15, 0.2) is 59.4 Å². The molecule has 0 saturated carbocycles. The number of nitrogens with one attached hydrogen (secondary N) is 2. The second kappa shape index (κ2) is 6.17. The highest BCUT2D eigenvalue weighted by Crippen LogP contribution is 2.09. The second-order valence-corrected chi connectivity index (χ2v) is 4.73. The highest BCUT2D eigenvalue weighted by Gasteiger charge is 2.07. The molecule has 1 amide bonds. The molecular weight excluding hydrogens is 282 g/mol. The van der Waals surface area contributed by atoms with Crippen LogP contribution in [0, 0.1) is 0 Å². The predicted octanol–water partition coefficient (Wildman–Crippen LogP) is 2.12. The van der Waals surface area contributed by atoms with Crippen molar-refractivity contribution in [1.82, 2.24) is 14.9 Å². The van der Waals surface area contributed by atoms with Crippen molar-refractivity contribution in [2.24, 2.45) is 0 Å². The van der Waals surface area contributed by atoms with Crippen molar-refractivity contribution >= 4 is 17.1 Å². The standard InChI is InChI=1S/C16H15N3O3/c20-15-18-13-8-4-5-9-14(13)19(15)11-10-17-16(21)22-12-6-2-1-3-7-12/h1-9H,10-11H2,(H,17,21)(H,18,20). The number of H-pyrrole nitrogens is 1. The Labute approximate surface area is 126 Å². The summed E-state index contributed by atoms with van der Waals surface area (Å²) in [6.45, 7) is 0.667. The minimum absolute atomic E-state index is 0.195. The highest BCUT2D eigenvalue weighted by atomic mass is 16.6. The fourth-order valence-corrected chi connectivity index (χ4v) is 2.23. The van der Waals surface area contributed by atoms with Crippen molar-refractivity contribution in [2.75, 3.05) is 6.54 Å². The summed E-state index contributed by atoms with van der Waals surface area (Å²) >= 11 is 0. The number of ether oxygens (including phenoxy) is 1. The third kappa shape index (κ3) is 3.01. The van der Waals surface area contributed by atoms with E-state index in [0.717, 1.165) is 11.0 Å². The maximum Gasteiger partial charge on any atom is 0.412 e. The summed E-state index contributed by atoms with van der Waals surface area (Å²) in [5.74, 6) is 0.476. The molecule has 6 nitrogen and oxygen atoms in total. The fraction of sp³-hybridized carbons (Fsp3) is 0.125. The van der Waals surface area contributed by atoms with Gasteiger partial charge in [-0.1, -0.05) is 30.3 Å². The summed E-state index contributed by atoms with van der Waals surface area (Å²) in [5, 5.41) is 2.63. The molecule has 6 heteroatoms. The van der Waals surface area contributed by atoms with Gasteiger partial charge in [-0.2, -0.15) is 0 Å². The van der Waals surface area contributed by atoms with E-state index in [2.05, 4.69) is 10.3 Å². The summed E-state index contributed by atoms with van der Waals surface area (Å²) < 4.78 is 6.69. The van der Waals surface area contributed by atoms with Crippen molar-refractivity contribution < 1.29 is 9.53 Å². The maximum atomic E-state index is 11.9. The predicted molar refractivity (Wildman–Crippen MR) is 83.0 cm³/mol. The molecule has 3 rings (SSSR count). The molecule has 0 atom stereocenters. The zero-order valence-electron chi connectivity index (χ0n) is 11.8. The first-order valence-electron chi connectivity index (χ1n) is 6.92. The average molecular weight is 297 g/mol. The summed E-state index contributed by atoms with van der Waals surface area (Å²) in [5.41, 5.74) is 1.39. The van der Waals surface area contributed by atoms with E-state index in [1.54, 1.807) is 28.8 Å². The van der Waals surface area contributed by atoms with E-state index < -0.39 is 6.09 Å². The van der Waals surface area contributed by atoms with E-state index in [4.69, 9.17) is 4.74 Å². The van der Waals surface area contributed by atoms with Gasteiger partial charge in [-0.05, 0) is 24.3 Å². The van der Waals surface area contributed by atoms with Crippen LogP contribution in [-0.2, 0) is 6.54 Å². The number of rotatable bonds is 4. The number of aromatic nitrogens is 2. The number of imidazole rings is 1. The summed E-state index contributed by atoms with van der Waals surface area (Å²) in [4.78, 5) is 26.3. The first-order chi connectivity index (χ1) is 10.7. The van der Waals surface area contributed by atoms with Crippen LogP contribution in [0.5, 0.6) is 5.75 Å². The first kappa shape index (κ1) is 13.9. The molecule has 0 spiro atoms. The number of nitrogens with zero attached hydrogens (tertiary/aromatic N) is 1. The lowest BCUT2D eigenvalue weighted by molar-refractivity contribution is 0.200. The van der Waals surface area contributed by atoms with E-state index in [1.165, 1.54) is 0 Å². The van der Waals surface area contributed by atoms with Gasteiger partial charge in [0.15, 0.2) is 0 Å². The molecule has 0 aliphatic carbocycles. The Bertz CT molecular complexity index is 836. The van der Waals surface area contributed by atoms with Crippen LogP contribution in [0.3, 0.4) is 0 Å². The van der Waals surface area contributed by atoms with E-state index in [1.807, 2.05) is 30.3 Å². The topological polar surface area (TPSA) is 76.1 Å². The van der Waals surface area contributed by atoms with E-state index >= 15 is 0 Å². The van der Waals surface area contributed by atoms with Crippen LogP contribution in [0.4, 0.5) is 4.79 Å². The van der Waals surface area contributed by atoms with Gasteiger partial charge in [0.1, 0.15) is 5.75 Å². The van der Waals surface area contributed by atoms with Gasteiger partial charge in [0, 0.05) is 13.1 Å². The largest absolute Gasteiger partial charge is 0.412 e. The van der Waals surface area contributed by atoms with Crippen LogP contribution < -0.4 is 15.7 Å². The lowest BCUT2D eigenvalue weighted by Crippen LogP contribution is -2.32. The minimum atomic E-state index is -0.543. The lowest BCUT2D eigenvalue weighted by atomic mass is 10.3. The Morgan fingerprint density at radius 1 is 1.09 bits per heavy atom. The molecule has 0 radical (unpaired) electrons. The van der Waals surface area contributed by atoms with E-state index in [0.29, 0.717) is 18.8 Å². The quantitative estimate of drug-likeness (QED) is 0.774. The minimum Gasteiger partial charge on any atom is -0.410 e. The number of amides is 1. The normalized spacial score (nSPS) is 10.5. The Hall–Kier alpha value is -3.02. The number of fused-ring (bicyclic) bond motifs is 1. The summed E-state index contributed by atoms with van der Waals surface area (Å²) in [7, 11) is 0. The van der Waals surface area contributed by atoms with Crippen LogP contribution in [0.25, 0.3) is 11.0 Å². The second-order valence-electron chi connectivity index (χ2n) is 4.73. The lowest BCUT2D eigenvalue weighted by Gasteiger charge is -2.07. The Balaban J connectivity index is 1.59. The molecule has 0 aliphatic rings. The van der Waals surface area contributed by atoms with Crippen LogP contribution >= 0.6 is 0 Å². The van der Waals surface area contributed by atoms with Gasteiger partial charge in [0.2, 0.25) is 0 Å². The molecule has 1 aromatic heterocycles. The van der Waals surface area contributed by atoms with Crippen LogP contribution in [-0.4, -0.2) is 22.2 Å². The molecule has 0 aliphatic heterocycles. The van der Waals surface area contributed by atoms with Gasteiger partial charge in [-0.25, -0.2) is 9.59 Å². The molecule has 0 saturated heterocycles. The molecule has 2 N–H and O–H groups in total. The van der Waals surface area contributed by atoms with Crippen molar-refractivity contribution in [3.8, 4) is 5.75 Å². The number of hydrogen-bond acceptors (Lipinski definition) is 3. The van der Waals surface area contributed by atoms with Crippen molar-refractivity contribution in [2.45, 2.75) is 6.54 Å². The summed E-state index contributed by atoms with van der Waals surface area (Å²) in [6.07, 6.45) is -0.543. The highest BCUT2D eigenvalue weighted by molar-refractivity contribution is 5.75. The third-order valence-corrected chi connectivity index (χ3v) is 3.24. The molecule has 0 unspecified atom stereocenters.